The van der Waals surface area contributed by atoms with E-state index < -0.39 is 5.97 Å². The van der Waals surface area contributed by atoms with Crippen LogP contribution in [0.25, 0.3) is 0 Å². The van der Waals surface area contributed by atoms with Crippen molar-refractivity contribution in [3.63, 3.8) is 0 Å². The van der Waals surface area contributed by atoms with Gasteiger partial charge >= 0.3 is 5.97 Å². The molecule has 0 atom stereocenters. The number of carbonyl (C=O) groups is 1. The molecule has 94 valence electrons. The minimum atomic E-state index is -1.08. The summed E-state index contributed by atoms with van der Waals surface area (Å²) in [5.41, 5.74) is 6.32. The third-order valence-electron chi connectivity index (χ3n) is 2.12. The number of nitrogens with two attached hydrogens (primary N) is 1. The summed E-state index contributed by atoms with van der Waals surface area (Å²) in [6, 6.07) is 3.56. The Morgan fingerprint density at radius 2 is 2.39 bits per heavy atom. The van der Waals surface area contributed by atoms with Gasteiger partial charge < -0.3 is 10.8 Å². The minimum absolute atomic E-state index is 0.0580. The number of pyridine rings is 1. The van der Waals surface area contributed by atoms with Crippen LogP contribution in [0.5, 0.6) is 0 Å². The van der Waals surface area contributed by atoms with E-state index in [2.05, 4.69) is 15.3 Å². The lowest BCUT2D eigenvalue weighted by molar-refractivity contribution is 0.0690. The van der Waals surface area contributed by atoms with Gasteiger partial charge in [0.1, 0.15) is 5.03 Å². The Morgan fingerprint density at radius 1 is 1.56 bits per heavy atom. The molecule has 0 aliphatic rings. The number of hydrogen-bond donors (Lipinski definition) is 2. The van der Waals surface area contributed by atoms with Gasteiger partial charge in [0.05, 0.1) is 18.4 Å². The molecule has 0 bridgehead atoms. The van der Waals surface area contributed by atoms with Crippen molar-refractivity contribution in [1.82, 2.24) is 20.0 Å². The van der Waals surface area contributed by atoms with Crippen LogP contribution in [0.3, 0.4) is 0 Å². The molecule has 8 heteroatoms. The average Bonchev–Trinajstić information content (AvgIpc) is 2.80. The number of thioether (sulfide) groups is 1. The maximum atomic E-state index is 10.6. The quantitative estimate of drug-likeness (QED) is 0.768. The zero-order valence-corrected chi connectivity index (χ0v) is 10.2. The number of carboxylic acid groups (broad SMARTS) is 1. The summed E-state index contributed by atoms with van der Waals surface area (Å²) >= 11 is 1.49. The Labute approximate surface area is 107 Å². The molecule has 0 saturated heterocycles. The standard InChI is InChI=1S/C10H11N5O2S/c11-7-2-1-3-12-9(7)18-5-4-15-6-8(10(16)17)13-14-15/h1-3,6H,4-5,11H2,(H,16,17). The van der Waals surface area contributed by atoms with Crippen molar-refractivity contribution in [2.75, 3.05) is 11.5 Å². The maximum absolute atomic E-state index is 10.6. The molecule has 0 spiro atoms. The fourth-order valence-electron chi connectivity index (χ4n) is 1.27. The fourth-order valence-corrected chi connectivity index (χ4v) is 2.11. The van der Waals surface area contributed by atoms with Gasteiger partial charge in [-0.15, -0.1) is 16.9 Å². The molecule has 3 N–H and O–H groups in total. The van der Waals surface area contributed by atoms with Crippen LogP contribution in [0.1, 0.15) is 10.5 Å². The molecule has 2 aromatic heterocycles. The summed E-state index contributed by atoms with van der Waals surface area (Å²) in [5.74, 6) is -0.397. The number of aryl methyl sites for hydroxylation is 1. The lowest BCUT2D eigenvalue weighted by Gasteiger charge is -2.03. The van der Waals surface area contributed by atoms with Gasteiger partial charge in [0.15, 0.2) is 5.69 Å². The van der Waals surface area contributed by atoms with E-state index in [-0.39, 0.29) is 5.69 Å². The van der Waals surface area contributed by atoms with Gasteiger partial charge in [0.2, 0.25) is 0 Å². The third-order valence-corrected chi connectivity index (χ3v) is 3.12. The van der Waals surface area contributed by atoms with Crippen molar-refractivity contribution in [2.24, 2.45) is 0 Å². The number of aromatic carboxylic acids is 1. The van der Waals surface area contributed by atoms with Gasteiger partial charge in [0.25, 0.3) is 0 Å². The number of hydrogen-bond acceptors (Lipinski definition) is 6. The zero-order chi connectivity index (χ0) is 13.0. The number of nitrogens with zero attached hydrogens (tertiary/aromatic N) is 4. The van der Waals surface area contributed by atoms with E-state index in [4.69, 9.17) is 10.8 Å². The van der Waals surface area contributed by atoms with E-state index in [0.29, 0.717) is 18.0 Å². The minimum Gasteiger partial charge on any atom is -0.476 e. The number of carboxylic acids is 1. The van der Waals surface area contributed by atoms with Crippen LogP contribution in [0, 0.1) is 0 Å². The van der Waals surface area contributed by atoms with Crippen molar-refractivity contribution in [1.29, 1.82) is 0 Å². The van der Waals surface area contributed by atoms with E-state index in [1.54, 1.807) is 18.3 Å². The molecule has 0 aliphatic carbocycles. The third kappa shape index (κ3) is 2.98. The summed E-state index contributed by atoms with van der Waals surface area (Å²) in [7, 11) is 0. The predicted octanol–water partition coefficient (Wildman–Crippen LogP) is 0.746. The fraction of sp³-hybridized carbons (Fsp3) is 0.200. The highest BCUT2D eigenvalue weighted by Gasteiger charge is 2.08. The van der Waals surface area contributed by atoms with Crippen molar-refractivity contribution in [2.45, 2.75) is 11.6 Å². The van der Waals surface area contributed by atoms with Crippen LogP contribution >= 0.6 is 11.8 Å². The van der Waals surface area contributed by atoms with Gasteiger partial charge in [0, 0.05) is 11.9 Å². The number of nitrogen functional groups attached to an aromatic ring is 1. The SMILES string of the molecule is Nc1cccnc1SCCn1cc(C(=O)O)nn1. The Balaban J connectivity index is 1.88. The first-order valence-electron chi connectivity index (χ1n) is 5.13. The first kappa shape index (κ1) is 12.4. The summed E-state index contributed by atoms with van der Waals surface area (Å²) in [6.07, 6.45) is 3.07. The molecule has 0 aromatic carbocycles. The Bertz CT molecular complexity index is 557. The van der Waals surface area contributed by atoms with E-state index in [1.807, 2.05) is 0 Å². The van der Waals surface area contributed by atoms with Crippen molar-refractivity contribution >= 4 is 23.4 Å². The first-order chi connectivity index (χ1) is 8.66. The van der Waals surface area contributed by atoms with E-state index in [1.165, 1.54) is 22.6 Å². The molecule has 0 unspecified atom stereocenters. The zero-order valence-electron chi connectivity index (χ0n) is 9.35. The molecule has 2 rings (SSSR count). The smallest absolute Gasteiger partial charge is 0.358 e. The highest BCUT2D eigenvalue weighted by Crippen LogP contribution is 2.21. The lowest BCUT2D eigenvalue weighted by atomic mass is 10.4. The maximum Gasteiger partial charge on any atom is 0.358 e. The Hall–Kier alpha value is -2.09. The normalized spacial score (nSPS) is 10.4. The van der Waals surface area contributed by atoms with Gasteiger partial charge in [-0.05, 0) is 12.1 Å². The van der Waals surface area contributed by atoms with Crippen LogP contribution < -0.4 is 5.73 Å². The lowest BCUT2D eigenvalue weighted by Crippen LogP contribution is -2.02. The summed E-state index contributed by atoms with van der Waals surface area (Å²) < 4.78 is 1.48. The first-order valence-corrected chi connectivity index (χ1v) is 6.12. The van der Waals surface area contributed by atoms with Gasteiger partial charge in [-0.2, -0.15) is 0 Å². The van der Waals surface area contributed by atoms with Crippen molar-refractivity contribution in [3.05, 3.63) is 30.2 Å². The van der Waals surface area contributed by atoms with Crippen LogP contribution in [-0.4, -0.2) is 36.8 Å². The second-order valence-electron chi connectivity index (χ2n) is 3.42. The summed E-state index contributed by atoms with van der Waals surface area (Å²) in [5, 5.41) is 16.7. The molecule has 0 saturated carbocycles. The Kier molecular flexibility index (Phi) is 3.78. The second-order valence-corrected chi connectivity index (χ2v) is 4.50. The summed E-state index contributed by atoms with van der Waals surface area (Å²) in [6.45, 7) is 0.543. The summed E-state index contributed by atoms with van der Waals surface area (Å²) in [4.78, 5) is 14.7. The monoisotopic (exact) mass is 265 g/mol. The van der Waals surface area contributed by atoms with Crippen LogP contribution in [-0.2, 0) is 6.54 Å². The van der Waals surface area contributed by atoms with Crippen molar-refractivity contribution in [3.8, 4) is 0 Å². The second kappa shape index (κ2) is 5.50. The molecule has 2 aromatic rings. The van der Waals surface area contributed by atoms with Crippen molar-refractivity contribution < 1.29 is 9.90 Å². The number of rotatable bonds is 5. The average molecular weight is 265 g/mol. The molecule has 0 radical (unpaired) electrons. The molecule has 0 amide bonds. The molecule has 7 nitrogen and oxygen atoms in total. The molecular formula is C10H11N5O2S. The Morgan fingerprint density at radius 3 is 3.06 bits per heavy atom. The number of aromatic nitrogens is 4. The molecule has 0 aliphatic heterocycles. The largest absolute Gasteiger partial charge is 0.476 e. The van der Waals surface area contributed by atoms with Crippen LogP contribution in [0.2, 0.25) is 0 Å². The van der Waals surface area contributed by atoms with Gasteiger partial charge in [-0.25, -0.2) is 9.78 Å². The number of anilines is 1. The molecular weight excluding hydrogens is 254 g/mol. The van der Waals surface area contributed by atoms with E-state index in [0.717, 1.165) is 5.03 Å². The van der Waals surface area contributed by atoms with E-state index >= 15 is 0 Å². The van der Waals surface area contributed by atoms with Gasteiger partial charge in [-0.3, -0.25) is 4.68 Å². The topological polar surface area (TPSA) is 107 Å². The van der Waals surface area contributed by atoms with E-state index in [9.17, 15) is 4.79 Å². The molecule has 2 heterocycles. The highest BCUT2D eigenvalue weighted by molar-refractivity contribution is 7.99. The highest BCUT2D eigenvalue weighted by atomic mass is 32.2. The van der Waals surface area contributed by atoms with Crippen LogP contribution in [0.15, 0.2) is 29.6 Å². The predicted molar refractivity (Wildman–Crippen MR) is 66.4 cm³/mol. The molecule has 0 fully saturated rings. The van der Waals surface area contributed by atoms with Gasteiger partial charge in [-0.1, -0.05) is 5.21 Å². The van der Waals surface area contributed by atoms with Crippen LogP contribution in [0.4, 0.5) is 5.69 Å². The molecule has 18 heavy (non-hydrogen) atoms.